The van der Waals surface area contributed by atoms with Crippen LogP contribution < -0.4 is 5.32 Å². The van der Waals surface area contributed by atoms with Crippen LogP contribution in [-0.2, 0) is 0 Å². The van der Waals surface area contributed by atoms with E-state index in [4.69, 9.17) is 0 Å². The molecule has 1 N–H and O–H groups in total. The van der Waals surface area contributed by atoms with Gasteiger partial charge >= 0.3 is 6.18 Å². The topological polar surface area (TPSA) is 29.1 Å². The maximum atomic E-state index is 12.9. The quantitative estimate of drug-likeness (QED) is 0.737. The van der Waals surface area contributed by atoms with Gasteiger partial charge in [-0.25, -0.2) is 0 Å². The lowest BCUT2D eigenvalue weighted by Crippen LogP contribution is -2.47. The maximum absolute atomic E-state index is 12.9. The lowest BCUT2D eigenvalue weighted by Gasteiger charge is -2.33. The molecule has 1 aromatic rings. The molecule has 1 aliphatic carbocycles. The highest BCUT2D eigenvalue weighted by atomic mass is 127. The standard InChI is InChI=1S/C12H13F3INOS/c13-12(14,15)8-3-1-2-4-9(8)17-11(18)7-5-10(16)19-6-7/h5-6,8-9H,1-4H2,(H,17,18). The van der Waals surface area contributed by atoms with Gasteiger partial charge in [-0.05, 0) is 41.5 Å². The Kier molecular flexibility index (Phi) is 4.75. The molecule has 1 aromatic heterocycles. The average Bonchev–Trinajstić information content (AvgIpc) is 2.75. The molecule has 2 rings (SSSR count). The van der Waals surface area contributed by atoms with Crippen LogP contribution in [0.5, 0.6) is 0 Å². The van der Waals surface area contributed by atoms with Crippen LogP contribution in [0.2, 0.25) is 0 Å². The van der Waals surface area contributed by atoms with Crippen LogP contribution in [0.4, 0.5) is 13.2 Å². The number of carbonyl (C=O) groups excluding carboxylic acids is 1. The molecule has 2 nitrogen and oxygen atoms in total. The van der Waals surface area contributed by atoms with E-state index < -0.39 is 24.0 Å². The lowest BCUT2D eigenvalue weighted by atomic mass is 9.84. The van der Waals surface area contributed by atoms with Gasteiger partial charge in [0.1, 0.15) is 0 Å². The summed E-state index contributed by atoms with van der Waals surface area (Å²) >= 11 is 3.48. The molecule has 1 fully saturated rings. The molecular formula is C12H13F3INOS. The van der Waals surface area contributed by atoms with Crippen molar-refractivity contribution < 1.29 is 18.0 Å². The second-order valence-electron chi connectivity index (χ2n) is 4.65. The SMILES string of the molecule is O=C(NC1CCCCC1C(F)(F)F)c1csc(I)c1. The number of alkyl halides is 3. The highest BCUT2D eigenvalue weighted by molar-refractivity contribution is 14.1. The zero-order chi connectivity index (χ0) is 14.0. The van der Waals surface area contributed by atoms with E-state index in [2.05, 4.69) is 27.9 Å². The summed E-state index contributed by atoms with van der Waals surface area (Å²) in [5.41, 5.74) is 0.445. The molecular weight excluding hydrogens is 390 g/mol. The van der Waals surface area contributed by atoms with Crippen LogP contribution in [0.1, 0.15) is 36.0 Å². The molecule has 0 aromatic carbocycles. The minimum atomic E-state index is -4.23. The zero-order valence-corrected chi connectivity index (χ0v) is 12.9. The van der Waals surface area contributed by atoms with Crippen molar-refractivity contribution in [3.8, 4) is 0 Å². The second kappa shape index (κ2) is 5.99. The van der Waals surface area contributed by atoms with Crippen molar-refractivity contribution in [1.29, 1.82) is 0 Å². The summed E-state index contributed by atoms with van der Waals surface area (Å²) in [7, 11) is 0. The van der Waals surface area contributed by atoms with Crippen molar-refractivity contribution in [3.05, 3.63) is 19.9 Å². The zero-order valence-electron chi connectivity index (χ0n) is 9.97. The van der Waals surface area contributed by atoms with Gasteiger partial charge < -0.3 is 5.32 Å². The van der Waals surface area contributed by atoms with Crippen molar-refractivity contribution in [3.63, 3.8) is 0 Å². The molecule has 0 saturated heterocycles. The molecule has 0 bridgehead atoms. The van der Waals surface area contributed by atoms with E-state index in [-0.39, 0.29) is 6.42 Å². The third-order valence-corrected chi connectivity index (χ3v) is 5.12. The van der Waals surface area contributed by atoms with Crippen LogP contribution in [0.25, 0.3) is 0 Å². The smallest absolute Gasteiger partial charge is 0.349 e. The van der Waals surface area contributed by atoms with E-state index in [0.717, 1.165) is 9.30 Å². The summed E-state index contributed by atoms with van der Waals surface area (Å²) in [4.78, 5) is 11.9. The maximum Gasteiger partial charge on any atom is 0.393 e. The van der Waals surface area contributed by atoms with Gasteiger partial charge in [-0.1, -0.05) is 12.8 Å². The highest BCUT2D eigenvalue weighted by Gasteiger charge is 2.45. The number of nitrogens with one attached hydrogen (secondary N) is 1. The van der Waals surface area contributed by atoms with Crippen molar-refractivity contribution in [1.82, 2.24) is 5.32 Å². The molecule has 7 heteroatoms. The minimum absolute atomic E-state index is 0.107. The van der Waals surface area contributed by atoms with E-state index >= 15 is 0 Å². The number of rotatable bonds is 2. The van der Waals surface area contributed by atoms with Crippen molar-refractivity contribution in [2.45, 2.75) is 37.9 Å². The van der Waals surface area contributed by atoms with E-state index in [1.54, 1.807) is 11.4 Å². The normalized spacial score (nSPS) is 24.2. The van der Waals surface area contributed by atoms with Crippen LogP contribution in [0.3, 0.4) is 0 Å². The van der Waals surface area contributed by atoms with Gasteiger partial charge in [-0.2, -0.15) is 13.2 Å². The van der Waals surface area contributed by atoms with Gasteiger partial charge in [0, 0.05) is 11.4 Å². The van der Waals surface area contributed by atoms with Crippen LogP contribution in [0.15, 0.2) is 11.4 Å². The lowest BCUT2D eigenvalue weighted by molar-refractivity contribution is -0.187. The second-order valence-corrected chi connectivity index (χ2v) is 7.46. The molecule has 2 atom stereocenters. The fraction of sp³-hybridized carbons (Fsp3) is 0.583. The van der Waals surface area contributed by atoms with Crippen molar-refractivity contribution >= 4 is 39.8 Å². The molecule has 1 aliphatic rings. The summed E-state index contributed by atoms with van der Waals surface area (Å²) in [6, 6.07) is 0.894. The first kappa shape index (κ1) is 15.1. The van der Waals surface area contributed by atoms with E-state index in [9.17, 15) is 18.0 Å². The number of thiophene rings is 1. The van der Waals surface area contributed by atoms with Gasteiger partial charge in [0.05, 0.1) is 14.4 Å². The largest absolute Gasteiger partial charge is 0.393 e. The Morgan fingerprint density at radius 1 is 1.37 bits per heavy atom. The number of carbonyl (C=O) groups is 1. The van der Waals surface area contributed by atoms with Gasteiger partial charge in [-0.3, -0.25) is 4.79 Å². The fourth-order valence-electron chi connectivity index (χ4n) is 2.38. The van der Waals surface area contributed by atoms with Gasteiger partial charge in [-0.15, -0.1) is 11.3 Å². The summed E-state index contributed by atoms with van der Waals surface area (Å²) in [5, 5.41) is 4.22. The fourth-order valence-corrected chi connectivity index (χ4v) is 3.70. The first-order chi connectivity index (χ1) is 8.88. The molecule has 1 heterocycles. The van der Waals surface area contributed by atoms with Crippen molar-refractivity contribution in [2.24, 2.45) is 5.92 Å². The number of halogens is 4. The predicted octanol–water partition coefficient (Wildman–Crippen LogP) is 4.20. The number of amides is 1. The molecule has 19 heavy (non-hydrogen) atoms. The molecule has 106 valence electrons. The minimum Gasteiger partial charge on any atom is -0.349 e. The van der Waals surface area contributed by atoms with Crippen molar-refractivity contribution in [2.75, 3.05) is 0 Å². The number of hydrogen-bond acceptors (Lipinski definition) is 2. The average molecular weight is 403 g/mol. The third kappa shape index (κ3) is 3.84. The Labute approximate surface area is 126 Å². The van der Waals surface area contributed by atoms with Gasteiger partial charge in [0.2, 0.25) is 0 Å². The van der Waals surface area contributed by atoms with Crippen LogP contribution in [-0.4, -0.2) is 18.1 Å². The van der Waals surface area contributed by atoms with E-state index in [1.807, 2.05) is 0 Å². The molecule has 0 aliphatic heterocycles. The molecule has 0 spiro atoms. The van der Waals surface area contributed by atoms with Crippen LogP contribution >= 0.6 is 33.9 Å². The number of hydrogen-bond donors (Lipinski definition) is 1. The first-order valence-corrected chi connectivity index (χ1v) is 7.95. The summed E-state index contributed by atoms with van der Waals surface area (Å²) in [6.07, 6.45) is -2.42. The third-order valence-electron chi connectivity index (χ3n) is 3.33. The Bertz CT molecular complexity index is 460. The highest BCUT2D eigenvalue weighted by Crippen LogP contribution is 2.37. The van der Waals surface area contributed by atoms with Gasteiger partial charge in [0.15, 0.2) is 0 Å². The Balaban J connectivity index is 2.05. The summed E-state index contributed by atoms with van der Waals surface area (Å²) in [6.45, 7) is 0. The first-order valence-electron chi connectivity index (χ1n) is 5.99. The van der Waals surface area contributed by atoms with E-state index in [0.29, 0.717) is 18.4 Å². The Hall–Kier alpha value is -0.310. The summed E-state index contributed by atoms with van der Waals surface area (Å²) < 4.78 is 39.6. The molecule has 2 unspecified atom stereocenters. The Morgan fingerprint density at radius 2 is 2.05 bits per heavy atom. The molecule has 1 amide bonds. The molecule has 1 saturated carbocycles. The summed E-state index contributed by atoms with van der Waals surface area (Å²) in [5.74, 6) is -1.82. The molecule has 0 radical (unpaired) electrons. The predicted molar refractivity (Wildman–Crippen MR) is 76.3 cm³/mol. The van der Waals surface area contributed by atoms with E-state index in [1.165, 1.54) is 11.3 Å². The van der Waals surface area contributed by atoms with Gasteiger partial charge in [0.25, 0.3) is 5.91 Å². The monoisotopic (exact) mass is 403 g/mol. The van der Waals surface area contributed by atoms with Crippen LogP contribution in [0, 0.1) is 8.80 Å². The Morgan fingerprint density at radius 3 is 2.63 bits per heavy atom.